The minimum atomic E-state index is -5.34. The van der Waals surface area contributed by atoms with Crippen molar-refractivity contribution in [1.29, 1.82) is 0 Å². The van der Waals surface area contributed by atoms with E-state index in [0.29, 0.717) is 68.6 Å². The number of aliphatic hydroxyl groups is 2. The number of phenols is 1. The number of aromatic nitrogens is 4. The highest BCUT2D eigenvalue weighted by Gasteiger charge is 2.41. The highest BCUT2D eigenvalue weighted by Crippen LogP contribution is 2.47. The summed E-state index contributed by atoms with van der Waals surface area (Å²) in [4.78, 5) is 134. The van der Waals surface area contributed by atoms with Gasteiger partial charge in [-0.2, -0.15) is 4.98 Å². The normalized spacial score (nSPS) is 19.0. The van der Waals surface area contributed by atoms with Crippen LogP contribution in [0, 0.1) is 0 Å². The average molecular weight is 1600 g/mol. The second-order valence-corrected chi connectivity index (χ2v) is 28.0. The smallest absolute Gasteiger partial charge is 0.351 e. The number of aromatic hydroxyl groups is 1. The second-order valence-electron chi connectivity index (χ2n) is 23.9. The fourth-order valence-corrected chi connectivity index (χ4v) is 13.1. The Labute approximate surface area is 620 Å². The van der Waals surface area contributed by atoms with Crippen molar-refractivity contribution in [2.24, 2.45) is 0 Å². The van der Waals surface area contributed by atoms with Gasteiger partial charge < -0.3 is 126 Å². The van der Waals surface area contributed by atoms with E-state index in [2.05, 4.69) is 20.6 Å². The van der Waals surface area contributed by atoms with Crippen molar-refractivity contribution >= 4 is 64.1 Å². The van der Waals surface area contributed by atoms with Crippen LogP contribution in [0.25, 0.3) is 39.5 Å². The quantitative estimate of drug-likeness (QED) is 0.0113. The lowest BCUT2D eigenvalue weighted by molar-refractivity contribution is -0.235. The van der Waals surface area contributed by atoms with Crippen LogP contribution < -0.4 is 53.4 Å². The molecule has 3 aliphatic heterocycles. The Kier molecular flexibility index (Phi) is 34.9. The van der Waals surface area contributed by atoms with Crippen molar-refractivity contribution in [3.05, 3.63) is 137 Å². The van der Waals surface area contributed by atoms with Crippen LogP contribution in [0.15, 0.2) is 103 Å². The summed E-state index contributed by atoms with van der Waals surface area (Å²) < 4.78 is 125. The first-order valence-corrected chi connectivity index (χ1v) is 38.7. The van der Waals surface area contributed by atoms with Crippen LogP contribution in [0.4, 0.5) is 5.82 Å². The third-order valence-electron chi connectivity index (χ3n) is 16.0. The molecule has 0 radical (unpaired) electrons. The predicted molar refractivity (Wildman–Crippen MR) is 374 cm³/mol. The molecule has 600 valence electrons. The Balaban J connectivity index is 0.766. The number of nitrogens with zero attached hydrogens (tertiary/aromatic N) is 3. The number of aromatic carboxylic acids is 1. The van der Waals surface area contributed by atoms with E-state index in [1.807, 2.05) is 0 Å². The molecule has 5 heterocycles. The number of unbranched alkanes of at least 4 members (excludes halogenated alkanes) is 3. The van der Waals surface area contributed by atoms with Gasteiger partial charge in [0.25, 0.3) is 34.9 Å². The van der Waals surface area contributed by atoms with E-state index in [-0.39, 0.29) is 143 Å². The number of nitrogens with one attached hydrogen (secondary N) is 3. The van der Waals surface area contributed by atoms with E-state index in [0.717, 1.165) is 27.5 Å². The molecule has 40 nitrogen and oxygen atoms in total. The molecule has 0 bridgehead atoms. The molecule has 2 amide bonds. The number of aliphatic hydroxyl groups excluding tert-OH is 2. The number of carbonyl (C=O) groups excluding carboxylic acids is 2. The standard InChI is InChI=1S/C66H88N7O33P3/c67-57-13-16-72(65(83)70-57)59-38-51(77)55(104-59)41-101-107(85,86)98-32-29-96-27-28-97-31-34-100-109(89,90)106-54-39-60(105-56(54)42-102-108(87,88)99-33-30-95-26-25-94-24-23-93-22-21-92-20-19-91-18-17-74)73-40-44(63(80)71-66(73)84)6-12-58(78)68-14-3-1-2-4-15-69-62(79)43-5-9-47(64(81)82)50(35-43)61-48-10-7-45(75)36-52(48)103-53-37-46(76)8-11-49(53)61/h5-13,16,35-37,40,51,54-56,59-60,74-75,77H,1-4,14-15,17-34,38-39,41-42H2,(H,68,78)(H,69,79)(H,81,82)(H,85,86)(H,87,88)(H,89,90)(H2,67,70,83)(H,71,80,84)/p-3/b12-6+/t51-,54-,55-,56-,59-,60-/m1/s1. The highest BCUT2D eigenvalue weighted by molar-refractivity contribution is 7.46. The van der Waals surface area contributed by atoms with E-state index in [9.17, 15) is 77.3 Å². The zero-order chi connectivity index (χ0) is 78.4. The highest BCUT2D eigenvalue weighted by atomic mass is 31.2. The van der Waals surface area contributed by atoms with Gasteiger partial charge in [-0.15, -0.1) is 0 Å². The molecule has 2 aromatic carbocycles. The maximum Gasteiger partial charge on any atom is 0.351 e. The number of amides is 2. The zero-order valence-electron chi connectivity index (χ0n) is 58.7. The maximum absolute atomic E-state index is 13.5. The Hall–Kier alpha value is -7.67. The number of ether oxygens (including phenoxy) is 9. The summed E-state index contributed by atoms with van der Waals surface area (Å²) in [6, 6.07) is 13.8. The Morgan fingerprint density at radius 3 is 1.80 bits per heavy atom. The van der Waals surface area contributed by atoms with Crippen LogP contribution in [-0.2, 0) is 88.3 Å². The molecule has 2 aromatic heterocycles. The molecule has 2 fully saturated rings. The summed E-state index contributed by atoms with van der Waals surface area (Å²) in [7, 11) is -15.4. The molecule has 9 atom stereocenters. The third-order valence-corrected chi connectivity index (χ3v) is 19.0. The van der Waals surface area contributed by atoms with Crippen molar-refractivity contribution in [3.63, 3.8) is 0 Å². The summed E-state index contributed by atoms with van der Waals surface area (Å²) in [5.41, 5.74) is 3.32. The SMILES string of the molecule is Nc1ccn([C@H]2C[C@@H](O)[C@@H](COP(=O)([O-])OCCOCCOCCOP(=O)([O-])O[C@@H]3C[C@H](n4cc(/C=C/C(=O)NCCCCCCNC(=O)c5ccc(C(=O)O)c(-c6c7ccc(=O)cc-7oc7cc(O)ccc67)c5)c(=O)[nH]c4=O)O[C@@H]3COP(=O)([O-])OCCOCCOCCOCCOCCOCCO)O2)c(=O)n1. The monoisotopic (exact) mass is 1600 g/mol. The lowest BCUT2D eigenvalue weighted by Gasteiger charge is -2.29. The molecular weight excluding hydrogens is 1510 g/mol. The molecule has 0 spiro atoms. The number of aromatic amines is 1. The number of nitrogen functional groups attached to an aromatic ring is 1. The van der Waals surface area contributed by atoms with Crippen molar-refractivity contribution in [2.75, 3.05) is 151 Å². The van der Waals surface area contributed by atoms with Crippen LogP contribution in [0.3, 0.4) is 0 Å². The number of carboxylic acid groups (broad SMARTS) is 1. The first-order chi connectivity index (χ1) is 52.3. The van der Waals surface area contributed by atoms with E-state index in [1.54, 1.807) is 6.07 Å². The van der Waals surface area contributed by atoms with Gasteiger partial charge in [0.2, 0.25) is 5.91 Å². The summed E-state index contributed by atoms with van der Waals surface area (Å²) in [6.45, 7) is -1.80. The van der Waals surface area contributed by atoms with E-state index >= 15 is 0 Å². The number of nitrogens with two attached hydrogens (primary N) is 1. The van der Waals surface area contributed by atoms with E-state index < -0.39 is 135 Å². The Morgan fingerprint density at radius 2 is 1.20 bits per heavy atom. The number of rotatable bonds is 51. The van der Waals surface area contributed by atoms with Crippen LogP contribution in [0.5, 0.6) is 5.75 Å². The zero-order valence-corrected chi connectivity index (χ0v) is 61.4. The predicted octanol–water partition coefficient (Wildman–Crippen LogP) is 0.695. The van der Waals surface area contributed by atoms with E-state index in [4.69, 9.17) is 85.0 Å². The van der Waals surface area contributed by atoms with Gasteiger partial charge in [0.05, 0.1) is 155 Å². The van der Waals surface area contributed by atoms with Gasteiger partial charge in [0, 0.05) is 78.6 Å². The number of benzene rings is 3. The van der Waals surface area contributed by atoms with Crippen LogP contribution >= 0.6 is 23.5 Å². The van der Waals surface area contributed by atoms with Gasteiger partial charge in [-0.25, -0.2) is 14.4 Å². The molecule has 4 aromatic rings. The number of H-pyrrole nitrogens is 1. The number of hydrogen-bond donors (Lipinski definition) is 8. The molecule has 8 rings (SSSR count). The Bertz CT molecular complexity index is 4350. The molecule has 1 aliphatic carbocycles. The fourth-order valence-electron chi connectivity index (χ4n) is 10.8. The number of fused-ring (bicyclic) bond motifs is 2. The average Bonchev–Trinajstić information content (AvgIpc) is 1.07. The third kappa shape index (κ3) is 28.6. The molecule has 3 unspecified atom stereocenters. The van der Waals surface area contributed by atoms with Crippen LogP contribution in [-0.4, -0.2) is 227 Å². The number of hydrogen-bond acceptors (Lipinski definition) is 34. The summed E-state index contributed by atoms with van der Waals surface area (Å²) >= 11 is 0. The summed E-state index contributed by atoms with van der Waals surface area (Å²) in [5, 5.41) is 45.4. The Morgan fingerprint density at radius 1 is 0.642 bits per heavy atom. The first-order valence-electron chi connectivity index (χ1n) is 34.3. The summed E-state index contributed by atoms with van der Waals surface area (Å²) in [5.74, 6) is -2.41. The summed E-state index contributed by atoms with van der Waals surface area (Å²) in [6.07, 6.45) is -1.86. The molecule has 4 aliphatic rings. The van der Waals surface area contributed by atoms with Crippen molar-refractivity contribution in [1.82, 2.24) is 29.7 Å². The minimum absolute atomic E-state index is 0.0269. The number of anilines is 1. The van der Waals surface area contributed by atoms with Crippen LogP contribution in [0.2, 0.25) is 0 Å². The van der Waals surface area contributed by atoms with Gasteiger partial charge in [-0.3, -0.25) is 47.0 Å². The van der Waals surface area contributed by atoms with Gasteiger partial charge in [0.15, 0.2) is 5.43 Å². The number of phosphoric ester groups is 3. The lowest BCUT2D eigenvalue weighted by atomic mass is 9.89. The van der Waals surface area contributed by atoms with E-state index in [1.165, 1.54) is 60.8 Å². The topological polar surface area (TPSA) is 561 Å². The van der Waals surface area contributed by atoms with Gasteiger partial charge >= 0.3 is 17.3 Å². The van der Waals surface area contributed by atoms with Gasteiger partial charge in [-0.05, 0) is 73.0 Å². The number of carbonyl (C=O) groups is 3. The molecule has 9 N–H and O–H groups in total. The van der Waals surface area contributed by atoms with Gasteiger partial charge in [0.1, 0.15) is 47.6 Å². The molecular formula is C66H85N7O33P3-3. The fraction of sp³-hybridized carbons (Fsp3) is 0.515. The molecule has 2 saturated heterocycles. The second kappa shape index (κ2) is 43.8. The first kappa shape index (κ1) is 86.9. The van der Waals surface area contributed by atoms with Crippen molar-refractivity contribution < 1.29 is 137 Å². The van der Waals surface area contributed by atoms with Crippen molar-refractivity contribution in [3.8, 4) is 28.2 Å². The van der Waals surface area contributed by atoms with Crippen molar-refractivity contribution in [2.45, 2.75) is 75.4 Å². The number of phosphoric acid groups is 3. The minimum Gasteiger partial charge on any atom is -0.756 e. The number of phenolic OH excluding ortho intramolecular Hbond substituents is 1. The van der Waals surface area contributed by atoms with Crippen LogP contribution in [0.1, 0.15) is 77.3 Å². The maximum atomic E-state index is 13.5. The molecule has 0 saturated carbocycles. The largest absolute Gasteiger partial charge is 0.756 e. The number of carboxylic acids is 1. The van der Waals surface area contributed by atoms with Gasteiger partial charge in [-0.1, -0.05) is 12.8 Å². The molecule has 43 heteroatoms. The lowest BCUT2D eigenvalue weighted by Crippen LogP contribution is -2.33. The molecule has 109 heavy (non-hydrogen) atoms.